The first-order valence-corrected chi connectivity index (χ1v) is 9.30. The average Bonchev–Trinajstić information content (AvgIpc) is 2.74. The zero-order valence-electron chi connectivity index (χ0n) is 16.2. The molecule has 0 radical (unpaired) electrons. The Kier molecular flexibility index (Phi) is 6.91. The molecule has 0 spiro atoms. The zero-order valence-corrected chi connectivity index (χ0v) is 16.2. The Morgan fingerprint density at radius 2 is 1.67 bits per heavy atom. The molecule has 3 rings (SSSR count). The Bertz CT molecular complexity index is 865. The molecular formula is C21H24O9. The summed E-state index contributed by atoms with van der Waals surface area (Å²) < 4.78 is 15.8. The van der Waals surface area contributed by atoms with E-state index in [-0.39, 0.29) is 29.3 Å². The number of methoxy groups -OCH3 is 1. The van der Waals surface area contributed by atoms with Crippen LogP contribution in [0, 0.1) is 0 Å². The molecule has 0 aromatic heterocycles. The number of carbonyl (C=O) groups is 1. The summed E-state index contributed by atoms with van der Waals surface area (Å²) in [4.78, 5) is 12.5. The van der Waals surface area contributed by atoms with Gasteiger partial charge >= 0.3 is 0 Å². The van der Waals surface area contributed by atoms with Gasteiger partial charge in [0, 0.05) is 12.5 Å². The molecule has 2 aromatic carbocycles. The van der Waals surface area contributed by atoms with E-state index in [4.69, 9.17) is 14.2 Å². The second-order valence-electron chi connectivity index (χ2n) is 6.94. The fourth-order valence-corrected chi connectivity index (χ4v) is 3.14. The van der Waals surface area contributed by atoms with E-state index in [2.05, 4.69) is 0 Å². The van der Waals surface area contributed by atoms with Crippen molar-refractivity contribution in [3.8, 4) is 17.2 Å². The van der Waals surface area contributed by atoms with Gasteiger partial charge in [-0.3, -0.25) is 4.79 Å². The van der Waals surface area contributed by atoms with Gasteiger partial charge in [0.15, 0.2) is 5.78 Å². The van der Waals surface area contributed by atoms with Crippen LogP contribution in [0.25, 0.3) is 0 Å². The predicted molar refractivity (Wildman–Crippen MR) is 104 cm³/mol. The minimum Gasteiger partial charge on any atom is -0.507 e. The van der Waals surface area contributed by atoms with Crippen molar-refractivity contribution in [2.24, 2.45) is 0 Å². The van der Waals surface area contributed by atoms with Crippen molar-refractivity contribution in [2.45, 2.75) is 37.1 Å². The highest BCUT2D eigenvalue weighted by molar-refractivity contribution is 6.00. The highest BCUT2D eigenvalue weighted by atomic mass is 16.7. The summed E-state index contributed by atoms with van der Waals surface area (Å²) in [5.74, 6) is 0.106. The van der Waals surface area contributed by atoms with Gasteiger partial charge in [0.2, 0.25) is 6.29 Å². The van der Waals surface area contributed by atoms with E-state index >= 15 is 0 Å². The lowest BCUT2D eigenvalue weighted by atomic mass is 9.99. The molecular weight excluding hydrogens is 396 g/mol. The molecule has 5 N–H and O–H groups in total. The van der Waals surface area contributed by atoms with Crippen molar-refractivity contribution in [1.29, 1.82) is 0 Å². The molecule has 1 aliphatic heterocycles. The topological polar surface area (TPSA) is 146 Å². The minimum absolute atomic E-state index is 0.0674. The molecule has 1 fully saturated rings. The summed E-state index contributed by atoms with van der Waals surface area (Å²) in [5, 5.41) is 49.1. The number of ether oxygens (including phenoxy) is 3. The number of carbonyl (C=O) groups excluding carboxylic acids is 1. The van der Waals surface area contributed by atoms with Crippen molar-refractivity contribution >= 4 is 5.78 Å². The molecule has 0 unspecified atom stereocenters. The van der Waals surface area contributed by atoms with E-state index in [0.717, 1.165) is 5.56 Å². The van der Waals surface area contributed by atoms with Crippen LogP contribution in [0.4, 0.5) is 0 Å². The van der Waals surface area contributed by atoms with Gasteiger partial charge in [0.1, 0.15) is 41.7 Å². The normalized spacial score (nSPS) is 26.2. The molecule has 30 heavy (non-hydrogen) atoms. The molecule has 0 bridgehead atoms. The number of rotatable bonds is 7. The maximum absolute atomic E-state index is 12.5. The smallest absolute Gasteiger partial charge is 0.229 e. The molecule has 0 amide bonds. The number of hydrogen-bond donors (Lipinski definition) is 5. The number of hydrogen-bond acceptors (Lipinski definition) is 9. The summed E-state index contributed by atoms with van der Waals surface area (Å²) in [5.41, 5.74) is 0.841. The van der Waals surface area contributed by atoms with Crippen LogP contribution < -0.4 is 9.47 Å². The molecule has 5 atom stereocenters. The van der Waals surface area contributed by atoms with Crippen molar-refractivity contribution in [2.75, 3.05) is 13.7 Å². The first-order valence-electron chi connectivity index (χ1n) is 9.30. The summed E-state index contributed by atoms with van der Waals surface area (Å²) in [6.45, 7) is -0.588. The van der Waals surface area contributed by atoms with Crippen LogP contribution in [-0.2, 0) is 11.2 Å². The monoisotopic (exact) mass is 420 g/mol. The van der Waals surface area contributed by atoms with Crippen molar-refractivity contribution < 1.29 is 44.5 Å². The first kappa shape index (κ1) is 22.0. The third-order valence-electron chi connectivity index (χ3n) is 4.89. The minimum atomic E-state index is -1.58. The van der Waals surface area contributed by atoms with Gasteiger partial charge in [-0.2, -0.15) is 0 Å². The second-order valence-corrected chi connectivity index (χ2v) is 6.94. The number of phenols is 1. The quantitative estimate of drug-likeness (QED) is 0.391. The predicted octanol–water partition coefficient (Wildman–Crippen LogP) is 0.00490. The van der Waals surface area contributed by atoms with Crippen LogP contribution in [-0.4, -0.2) is 75.7 Å². The van der Waals surface area contributed by atoms with Crippen molar-refractivity contribution in [1.82, 2.24) is 0 Å². The van der Waals surface area contributed by atoms with E-state index in [1.54, 1.807) is 31.4 Å². The Hall–Kier alpha value is -2.69. The van der Waals surface area contributed by atoms with E-state index in [1.807, 2.05) is 0 Å². The van der Waals surface area contributed by atoms with Gasteiger partial charge in [-0.15, -0.1) is 0 Å². The number of Topliss-reactive ketones (excluding diaryl/α,β-unsaturated/α-hetero) is 1. The number of phenolic OH excluding ortho intramolecular Hbond substituents is 1. The molecule has 2 aromatic rings. The van der Waals surface area contributed by atoms with Crippen LogP contribution in [0.5, 0.6) is 17.2 Å². The van der Waals surface area contributed by atoms with Gasteiger partial charge < -0.3 is 39.7 Å². The standard InChI is InChI=1S/C21H24O9/c1-28-12-4-2-11(3-5-12)8-15(23)14-7-6-13(9-16(14)24)29-21-20(27)19(26)18(25)17(10-22)30-21/h2-7,9,17-22,24-27H,8,10H2,1H3/t17-,18-,19+,20-,21+/m0/s1. The Labute approximate surface area is 172 Å². The van der Waals surface area contributed by atoms with Crippen LogP contribution in [0.1, 0.15) is 15.9 Å². The molecule has 162 valence electrons. The van der Waals surface area contributed by atoms with Gasteiger partial charge in [-0.1, -0.05) is 12.1 Å². The molecule has 0 aliphatic carbocycles. The van der Waals surface area contributed by atoms with E-state index in [1.165, 1.54) is 18.2 Å². The number of aliphatic hydroxyl groups excluding tert-OH is 4. The van der Waals surface area contributed by atoms with Crippen LogP contribution in [0.3, 0.4) is 0 Å². The lowest BCUT2D eigenvalue weighted by molar-refractivity contribution is -0.277. The third kappa shape index (κ3) is 4.72. The van der Waals surface area contributed by atoms with E-state index in [9.17, 15) is 30.3 Å². The van der Waals surface area contributed by atoms with Crippen molar-refractivity contribution in [3.05, 3.63) is 53.6 Å². The molecule has 1 aliphatic rings. The number of aliphatic hydroxyl groups is 4. The van der Waals surface area contributed by atoms with Gasteiger partial charge in [-0.25, -0.2) is 0 Å². The van der Waals surface area contributed by atoms with E-state index < -0.39 is 37.3 Å². The maximum atomic E-state index is 12.5. The molecule has 1 saturated heterocycles. The fraction of sp³-hybridized carbons (Fsp3) is 0.381. The molecule has 0 saturated carbocycles. The van der Waals surface area contributed by atoms with Crippen LogP contribution in [0.15, 0.2) is 42.5 Å². The SMILES string of the molecule is COc1ccc(CC(=O)c2ccc(O[C@@H]3O[C@@H](CO)[C@H](O)[C@@H](O)[C@@H]3O)cc2O)cc1. The molecule has 9 nitrogen and oxygen atoms in total. The maximum Gasteiger partial charge on any atom is 0.229 e. The third-order valence-corrected chi connectivity index (χ3v) is 4.89. The lowest BCUT2D eigenvalue weighted by Gasteiger charge is -2.39. The fourth-order valence-electron chi connectivity index (χ4n) is 3.14. The second kappa shape index (κ2) is 9.41. The van der Waals surface area contributed by atoms with Crippen LogP contribution in [0.2, 0.25) is 0 Å². The lowest BCUT2D eigenvalue weighted by Crippen LogP contribution is -2.60. The van der Waals surface area contributed by atoms with Gasteiger partial charge in [0.25, 0.3) is 0 Å². The highest BCUT2D eigenvalue weighted by Gasteiger charge is 2.44. The number of aromatic hydroxyl groups is 1. The zero-order chi connectivity index (χ0) is 21.8. The van der Waals surface area contributed by atoms with Crippen molar-refractivity contribution in [3.63, 3.8) is 0 Å². The summed E-state index contributed by atoms with van der Waals surface area (Å²) in [6.07, 6.45) is -7.10. The first-order chi connectivity index (χ1) is 14.3. The van der Waals surface area contributed by atoms with E-state index in [0.29, 0.717) is 5.75 Å². The van der Waals surface area contributed by atoms with Gasteiger partial charge in [-0.05, 0) is 29.8 Å². The summed E-state index contributed by atoms with van der Waals surface area (Å²) in [7, 11) is 1.55. The Morgan fingerprint density at radius 1 is 1.00 bits per heavy atom. The Balaban J connectivity index is 1.69. The molecule has 1 heterocycles. The number of ketones is 1. The Morgan fingerprint density at radius 3 is 2.27 bits per heavy atom. The highest BCUT2D eigenvalue weighted by Crippen LogP contribution is 2.29. The largest absolute Gasteiger partial charge is 0.507 e. The van der Waals surface area contributed by atoms with Crippen LogP contribution >= 0.6 is 0 Å². The molecule has 9 heteroatoms. The average molecular weight is 420 g/mol. The summed E-state index contributed by atoms with van der Waals surface area (Å²) in [6, 6.07) is 10.9. The van der Waals surface area contributed by atoms with Gasteiger partial charge in [0.05, 0.1) is 19.3 Å². The summed E-state index contributed by atoms with van der Waals surface area (Å²) >= 11 is 0. The number of benzene rings is 2.